The highest BCUT2D eigenvalue weighted by molar-refractivity contribution is 5.97. The average molecular weight is 399 g/mol. The third kappa shape index (κ3) is 4.42. The van der Waals surface area contributed by atoms with E-state index in [0.717, 1.165) is 56.6 Å². The number of hydrogen-bond acceptors (Lipinski definition) is 5. The SMILES string of the molecule is CCn1nnc2cc(C(=O)N3CCN(CC(=O)N4CCCCCC4)CC3)ccc21. The molecule has 8 nitrogen and oxygen atoms in total. The van der Waals surface area contributed by atoms with Crippen molar-refractivity contribution in [3.63, 3.8) is 0 Å². The monoisotopic (exact) mass is 398 g/mol. The van der Waals surface area contributed by atoms with E-state index in [9.17, 15) is 9.59 Å². The van der Waals surface area contributed by atoms with Crippen LogP contribution in [0.5, 0.6) is 0 Å². The molecular formula is C21H30N6O2. The molecule has 4 rings (SSSR count). The summed E-state index contributed by atoms with van der Waals surface area (Å²) in [6.45, 7) is 7.78. The molecule has 0 unspecified atom stereocenters. The summed E-state index contributed by atoms with van der Waals surface area (Å²) >= 11 is 0. The normalized spacial score (nSPS) is 18.8. The van der Waals surface area contributed by atoms with Crippen LogP contribution in [0.2, 0.25) is 0 Å². The molecule has 3 heterocycles. The fraction of sp³-hybridized carbons (Fsp3) is 0.619. The number of aryl methyl sites for hydroxylation is 1. The zero-order chi connectivity index (χ0) is 20.2. The molecule has 0 N–H and O–H groups in total. The van der Waals surface area contributed by atoms with Crippen LogP contribution in [0.25, 0.3) is 11.0 Å². The minimum atomic E-state index is 0.0245. The first-order valence-electron chi connectivity index (χ1n) is 10.8. The van der Waals surface area contributed by atoms with Crippen molar-refractivity contribution in [2.24, 2.45) is 0 Å². The second-order valence-electron chi connectivity index (χ2n) is 7.97. The van der Waals surface area contributed by atoms with Gasteiger partial charge in [-0.2, -0.15) is 0 Å². The van der Waals surface area contributed by atoms with E-state index >= 15 is 0 Å². The van der Waals surface area contributed by atoms with Crippen molar-refractivity contribution in [2.45, 2.75) is 39.2 Å². The first-order valence-corrected chi connectivity index (χ1v) is 10.8. The summed E-state index contributed by atoms with van der Waals surface area (Å²) in [6, 6.07) is 5.60. The van der Waals surface area contributed by atoms with Crippen molar-refractivity contribution in [2.75, 3.05) is 45.8 Å². The highest BCUT2D eigenvalue weighted by Crippen LogP contribution is 2.16. The lowest BCUT2D eigenvalue weighted by Gasteiger charge is -2.35. The molecule has 1 aromatic carbocycles. The standard InChI is InChI=1S/C21H30N6O2/c1-2-27-19-8-7-17(15-18(19)22-23-27)21(29)26-13-11-24(12-14-26)16-20(28)25-9-5-3-4-6-10-25/h7-8,15H,2-6,9-14,16H2,1H3. The number of carbonyl (C=O) groups excluding carboxylic acids is 2. The number of hydrogen-bond donors (Lipinski definition) is 0. The highest BCUT2D eigenvalue weighted by atomic mass is 16.2. The number of carbonyl (C=O) groups is 2. The third-order valence-electron chi connectivity index (χ3n) is 6.04. The predicted molar refractivity (Wildman–Crippen MR) is 111 cm³/mol. The third-order valence-corrected chi connectivity index (χ3v) is 6.04. The van der Waals surface area contributed by atoms with E-state index in [0.29, 0.717) is 25.2 Å². The van der Waals surface area contributed by atoms with Crippen molar-refractivity contribution < 1.29 is 9.59 Å². The maximum absolute atomic E-state index is 12.9. The van der Waals surface area contributed by atoms with Gasteiger partial charge in [-0.05, 0) is 38.0 Å². The molecule has 0 radical (unpaired) electrons. The summed E-state index contributed by atoms with van der Waals surface area (Å²) in [7, 11) is 0. The maximum atomic E-state index is 12.9. The molecule has 29 heavy (non-hydrogen) atoms. The molecule has 2 amide bonds. The Kier molecular flexibility index (Phi) is 6.08. The summed E-state index contributed by atoms with van der Waals surface area (Å²) in [5.41, 5.74) is 2.34. The summed E-state index contributed by atoms with van der Waals surface area (Å²) in [5.74, 6) is 0.257. The summed E-state index contributed by atoms with van der Waals surface area (Å²) in [6.07, 6.45) is 4.69. The quantitative estimate of drug-likeness (QED) is 0.782. The van der Waals surface area contributed by atoms with Gasteiger partial charge in [0.25, 0.3) is 5.91 Å². The van der Waals surface area contributed by atoms with Gasteiger partial charge in [0, 0.05) is 51.4 Å². The first-order chi connectivity index (χ1) is 14.2. The molecule has 156 valence electrons. The van der Waals surface area contributed by atoms with E-state index in [1.807, 2.05) is 39.6 Å². The summed E-state index contributed by atoms with van der Waals surface area (Å²) in [4.78, 5) is 31.6. The lowest BCUT2D eigenvalue weighted by Crippen LogP contribution is -2.51. The van der Waals surface area contributed by atoms with Crippen molar-refractivity contribution in [1.29, 1.82) is 0 Å². The van der Waals surface area contributed by atoms with E-state index in [1.165, 1.54) is 12.8 Å². The second-order valence-corrected chi connectivity index (χ2v) is 7.97. The van der Waals surface area contributed by atoms with Crippen molar-refractivity contribution in [1.82, 2.24) is 29.7 Å². The molecule has 0 atom stereocenters. The molecule has 2 aromatic rings. The van der Waals surface area contributed by atoms with Gasteiger partial charge in [0.05, 0.1) is 12.1 Å². The molecule has 2 aliphatic rings. The number of likely N-dealkylation sites (tertiary alicyclic amines) is 1. The summed E-state index contributed by atoms with van der Waals surface area (Å²) in [5, 5.41) is 8.27. The highest BCUT2D eigenvalue weighted by Gasteiger charge is 2.25. The first kappa shape index (κ1) is 19.8. The minimum Gasteiger partial charge on any atom is -0.342 e. The molecule has 0 saturated carbocycles. The molecular weight excluding hydrogens is 368 g/mol. The van der Waals surface area contributed by atoms with Crippen LogP contribution < -0.4 is 0 Å². The van der Waals surface area contributed by atoms with Gasteiger partial charge in [0.1, 0.15) is 5.52 Å². The number of rotatable bonds is 4. The van der Waals surface area contributed by atoms with Crippen LogP contribution in [-0.4, -0.2) is 87.3 Å². The molecule has 2 aliphatic heterocycles. The summed E-state index contributed by atoms with van der Waals surface area (Å²) < 4.78 is 1.82. The van der Waals surface area contributed by atoms with Crippen LogP contribution in [0.1, 0.15) is 43.0 Å². The minimum absolute atomic E-state index is 0.0245. The van der Waals surface area contributed by atoms with Gasteiger partial charge in [-0.25, -0.2) is 4.68 Å². The van der Waals surface area contributed by atoms with Gasteiger partial charge in [0.2, 0.25) is 5.91 Å². The Bertz CT molecular complexity index is 863. The van der Waals surface area contributed by atoms with Crippen molar-refractivity contribution in [3.05, 3.63) is 23.8 Å². The number of aromatic nitrogens is 3. The maximum Gasteiger partial charge on any atom is 0.254 e. The number of amides is 2. The number of benzene rings is 1. The lowest BCUT2D eigenvalue weighted by atomic mass is 10.1. The van der Waals surface area contributed by atoms with Crippen LogP contribution in [0.3, 0.4) is 0 Å². The van der Waals surface area contributed by atoms with Crippen LogP contribution in [-0.2, 0) is 11.3 Å². The topological polar surface area (TPSA) is 74.6 Å². The Morgan fingerprint density at radius 2 is 1.66 bits per heavy atom. The average Bonchev–Trinajstić information content (AvgIpc) is 2.96. The van der Waals surface area contributed by atoms with Gasteiger partial charge < -0.3 is 9.80 Å². The van der Waals surface area contributed by atoms with Gasteiger partial charge >= 0.3 is 0 Å². The van der Waals surface area contributed by atoms with Gasteiger partial charge in [-0.3, -0.25) is 14.5 Å². The van der Waals surface area contributed by atoms with Gasteiger partial charge in [0.15, 0.2) is 0 Å². The Morgan fingerprint density at radius 3 is 2.34 bits per heavy atom. The predicted octanol–water partition coefficient (Wildman–Crippen LogP) is 1.61. The molecule has 0 spiro atoms. The molecule has 2 fully saturated rings. The zero-order valence-corrected chi connectivity index (χ0v) is 17.2. The Balaban J connectivity index is 1.32. The van der Waals surface area contributed by atoms with Crippen LogP contribution >= 0.6 is 0 Å². The Morgan fingerprint density at radius 1 is 0.931 bits per heavy atom. The number of nitrogens with zero attached hydrogens (tertiary/aromatic N) is 6. The fourth-order valence-electron chi connectivity index (χ4n) is 4.24. The molecule has 0 bridgehead atoms. The van der Waals surface area contributed by atoms with E-state index in [4.69, 9.17) is 0 Å². The molecule has 1 aromatic heterocycles. The fourth-order valence-corrected chi connectivity index (χ4v) is 4.24. The van der Waals surface area contributed by atoms with E-state index in [1.54, 1.807) is 0 Å². The number of piperazine rings is 1. The van der Waals surface area contributed by atoms with E-state index in [2.05, 4.69) is 15.2 Å². The van der Waals surface area contributed by atoms with Gasteiger partial charge in [-0.1, -0.05) is 18.1 Å². The molecule has 0 aliphatic carbocycles. The molecule has 2 saturated heterocycles. The van der Waals surface area contributed by atoms with Crippen molar-refractivity contribution in [3.8, 4) is 0 Å². The smallest absolute Gasteiger partial charge is 0.254 e. The number of fused-ring (bicyclic) bond motifs is 1. The van der Waals surface area contributed by atoms with Crippen LogP contribution in [0.15, 0.2) is 18.2 Å². The Hall–Kier alpha value is -2.48. The second kappa shape index (κ2) is 8.90. The Labute approximate surface area is 171 Å². The van der Waals surface area contributed by atoms with E-state index in [-0.39, 0.29) is 11.8 Å². The largest absolute Gasteiger partial charge is 0.342 e. The molecule has 8 heteroatoms. The van der Waals surface area contributed by atoms with E-state index < -0.39 is 0 Å². The van der Waals surface area contributed by atoms with Crippen LogP contribution in [0.4, 0.5) is 0 Å². The zero-order valence-electron chi connectivity index (χ0n) is 17.2. The van der Waals surface area contributed by atoms with Gasteiger partial charge in [-0.15, -0.1) is 5.10 Å². The van der Waals surface area contributed by atoms with Crippen molar-refractivity contribution >= 4 is 22.8 Å². The van der Waals surface area contributed by atoms with Crippen LogP contribution in [0, 0.1) is 0 Å². The lowest BCUT2D eigenvalue weighted by molar-refractivity contribution is -0.132.